The van der Waals surface area contributed by atoms with Gasteiger partial charge in [0.25, 0.3) is 0 Å². The van der Waals surface area contributed by atoms with E-state index in [9.17, 15) is 4.79 Å². The van der Waals surface area contributed by atoms with E-state index in [-0.39, 0.29) is 36.6 Å². The van der Waals surface area contributed by atoms with Crippen molar-refractivity contribution in [1.29, 1.82) is 0 Å². The minimum atomic E-state index is -0.439. The molecule has 3 N–H and O–H groups in total. The molecule has 0 aliphatic carbocycles. The Morgan fingerprint density at radius 1 is 1.53 bits per heavy atom. The minimum absolute atomic E-state index is 0. The number of carbonyl (C=O) groups is 1. The molecule has 1 aromatic rings. The summed E-state index contributed by atoms with van der Waals surface area (Å²) in [5.74, 6) is 0.0425. The lowest BCUT2D eigenvalue weighted by molar-refractivity contribution is -0.123. The van der Waals surface area contributed by atoms with Crippen LogP contribution in [0.3, 0.4) is 0 Å². The topological polar surface area (TPSA) is 68.0 Å². The normalized spacial score (nSPS) is 11.4. The van der Waals surface area contributed by atoms with Crippen LogP contribution in [0.2, 0.25) is 0 Å². The van der Waals surface area contributed by atoms with Gasteiger partial charge in [0.05, 0.1) is 12.6 Å². The van der Waals surface area contributed by atoms with Crippen LogP contribution in [0.1, 0.15) is 24.5 Å². The van der Waals surface area contributed by atoms with Gasteiger partial charge in [0.15, 0.2) is 0 Å². The molecule has 1 aromatic heterocycles. The number of aryl methyl sites for hydroxylation is 1. The fourth-order valence-corrected chi connectivity index (χ4v) is 1.78. The van der Waals surface area contributed by atoms with Crippen molar-refractivity contribution in [1.82, 2.24) is 10.3 Å². The number of aromatic nitrogens is 1. The average Bonchev–Trinajstić information content (AvgIpc) is 2.59. The molecule has 0 spiro atoms. The molecule has 1 heterocycles. The third kappa shape index (κ3) is 6.21. The van der Waals surface area contributed by atoms with Gasteiger partial charge in [0.2, 0.25) is 5.91 Å². The van der Waals surface area contributed by atoms with Gasteiger partial charge < -0.3 is 11.1 Å². The predicted molar refractivity (Wildman–Crippen MR) is 76.0 cm³/mol. The number of hydrogen-bond acceptors (Lipinski definition) is 4. The second-order valence-electron chi connectivity index (χ2n) is 3.87. The fourth-order valence-electron chi connectivity index (χ4n) is 1.07. The van der Waals surface area contributed by atoms with Crippen LogP contribution in [0.25, 0.3) is 0 Å². The Morgan fingerprint density at radius 3 is 2.53 bits per heavy atom. The highest BCUT2D eigenvalue weighted by atomic mass is 35.5. The van der Waals surface area contributed by atoms with Crippen molar-refractivity contribution in [3.63, 3.8) is 0 Å². The van der Waals surface area contributed by atoms with Gasteiger partial charge >= 0.3 is 0 Å². The van der Waals surface area contributed by atoms with Crippen molar-refractivity contribution < 1.29 is 4.79 Å². The van der Waals surface area contributed by atoms with Crippen LogP contribution < -0.4 is 11.1 Å². The third-order valence-corrected chi connectivity index (χ3v) is 3.07. The monoisotopic (exact) mass is 299 g/mol. The number of nitrogens with two attached hydrogens (primary N) is 1. The predicted octanol–water partition coefficient (Wildman–Crippen LogP) is 1.89. The van der Waals surface area contributed by atoms with Gasteiger partial charge in [0, 0.05) is 11.1 Å². The molecular weight excluding hydrogens is 281 g/mol. The van der Waals surface area contributed by atoms with Crippen LogP contribution in [0.15, 0.2) is 5.38 Å². The molecular formula is C10H19Cl2N3OS. The number of hydrogen-bond donors (Lipinski definition) is 2. The van der Waals surface area contributed by atoms with E-state index in [0.29, 0.717) is 6.54 Å². The second kappa shape index (κ2) is 8.69. The van der Waals surface area contributed by atoms with E-state index >= 15 is 0 Å². The Morgan fingerprint density at radius 2 is 2.12 bits per heavy atom. The summed E-state index contributed by atoms with van der Waals surface area (Å²) in [6.07, 6.45) is 0. The first kappa shape index (κ1) is 19.0. The van der Waals surface area contributed by atoms with E-state index < -0.39 is 6.04 Å². The number of thiazole rings is 1. The largest absolute Gasteiger partial charge is 0.348 e. The molecule has 1 atom stereocenters. The smallest absolute Gasteiger partial charge is 0.237 e. The fraction of sp³-hybridized carbons (Fsp3) is 0.600. The lowest BCUT2D eigenvalue weighted by atomic mass is 10.1. The Hall–Kier alpha value is -0.360. The summed E-state index contributed by atoms with van der Waals surface area (Å²) in [4.78, 5) is 15.8. The lowest BCUT2D eigenvalue weighted by Gasteiger charge is -2.14. The summed E-state index contributed by atoms with van der Waals surface area (Å²) in [5.41, 5.74) is 6.68. The molecule has 100 valence electrons. The first-order chi connectivity index (χ1) is 7.00. The summed E-state index contributed by atoms with van der Waals surface area (Å²) >= 11 is 1.54. The molecule has 17 heavy (non-hydrogen) atoms. The standard InChI is InChI=1S/C10H17N3OS.2ClH/c1-6(2)9(11)10(14)12-4-8-13-7(3)5-15-8;;/h5-6,9H,4,11H2,1-3H3,(H,12,14);2*1H. The summed E-state index contributed by atoms with van der Waals surface area (Å²) in [5, 5.41) is 5.65. The van der Waals surface area contributed by atoms with Crippen molar-refractivity contribution in [2.24, 2.45) is 11.7 Å². The molecule has 1 rings (SSSR count). The van der Waals surface area contributed by atoms with E-state index in [2.05, 4.69) is 10.3 Å². The molecule has 0 bridgehead atoms. The van der Waals surface area contributed by atoms with Crippen molar-refractivity contribution >= 4 is 42.1 Å². The molecule has 1 amide bonds. The van der Waals surface area contributed by atoms with Crippen molar-refractivity contribution in [3.8, 4) is 0 Å². The zero-order chi connectivity index (χ0) is 11.4. The van der Waals surface area contributed by atoms with E-state index in [0.717, 1.165) is 10.7 Å². The minimum Gasteiger partial charge on any atom is -0.348 e. The number of amides is 1. The van der Waals surface area contributed by atoms with Gasteiger partial charge in [-0.2, -0.15) is 0 Å². The molecule has 0 aliphatic rings. The van der Waals surface area contributed by atoms with Crippen LogP contribution in [0, 0.1) is 12.8 Å². The van der Waals surface area contributed by atoms with Crippen LogP contribution >= 0.6 is 36.2 Å². The summed E-state index contributed by atoms with van der Waals surface area (Å²) < 4.78 is 0. The molecule has 0 aromatic carbocycles. The zero-order valence-corrected chi connectivity index (χ0v) is 12.5. The summed E-state index contributed by atoms with van der Waals surface area (Å²) in [7, 11) is 0. The Balaban J connectivity index is 0. The van der Waals surface area contributed by atoms with Gasteiger partial charge in [-0.05, 0) is 12.8 Å². The van der Waals surface area contributed by atoms with Crippen molar-refractivity contribution in [2.75, 3.05) is 0 Å². The van der Waals surface area contributed by atoms with E-state index in [1.165, 1.54) is 0 Å². The molecule has 7 heteroatoms. The highest BCUT2D eigenvalue weighted by molar-refractivity contribution is 7.09. The Labute approximate surface area is 118 Å². The molecule has 0 radical (unpaired) electrons. The molecule has 0 aliphatic heterocycles. The van der Waals surface area contributed by atoms with Crippen LogP contribution in [0.4, 0.5) is 0 Å². The number of nitrogens with one attached hydrogen (secondary N) is 1. The van der Waals surface area contributed by atoms with Gasteiger partial charge in [-0.15, -0.1) is 36.2 Å². The van der Waals surface area contributed by atoms with Gasteiger partial charge in [-0.1, -0.05) is 13.8 Å². The van der Waals surface area contributed by atoms with Crippen molar-refractivity contribution in [2.45, 2.75) is 33.4 Å². The molecule has 0 fully saturated rings. The van der Waals surface area contributed by atoms with E-state index in [4.69, 9.17) is 5.73 Å². The highest BCUT2D eigenvalue weighted by Crippen LogP contribution is 2.08. The Kier molecular flexibility index (Phi) is 9.71. The van der Waals surface area contributed by atoms with Crippen LogP contribution in [-0.4, -0.2) is 16.9 Å². The SMILES string of the molecule is Cc1csc(CNC(=O)C(N)C(C)C)n1.Cl.Cl. The first-order valence-corrected chi connectivity index (χ1v) is 5.83. The van der Waals surface area contributed by atoms with E-state index in [1.54, 1.807) is 11.3 Å². The maximum Gasteiger partial charge on any atom is 0.237 e. The van der Waals surface area contributed by atoms with Crippen LogP contribution in [0.5, 0.6) is 0 Å². The number of halogens is 2. The zero-order valence-electron chi connectivity index (χ0n) is 10.1. The molecule has 1 unspecified atom stereocenters. The highest BCUT2D eigenvalue weighted by Gasteiger charge is 2.16. The number of rotatable bonds is 4. The second-order valence-corrected chi connectivity index (χ2v) is 4.81. The average molecular weight is 300 g/mol. The van der Waals surface area contributed by atoms with Gasteiger partial charge in [-0.25, -0.2) is 4.98 Å². The number of carbonyl (C=O) groups excluding carboxylic acids is 1. The maximum atomic E-state index is 11.5. The van der Waals surface area contributed by atoms with Crippen molar-refractivity contribution in [3.05, 3.63) is 16.1 Å². The van der Waals surface area contributed by atoms with E-state index in [1.807, 2.05) is 26.2 Å². The number of nitrogens with zero attached hydrogens (tertiary/aromatic N) is 1. The van der Waals surface area contributed by atoms with Gasteiger partial charge in [-0.3, -0.25) is 4.79 Å². The van der Waals surface area contributed by atoms with Crippen LogP contribution in [-0.2, 0) is 11.3 Å². The quantitative estimate of drug-likeness (QED) is 0.892. The van der Waals surface area contributed by atoms with Gasteiger partial charge in [0.1, 0.15) is 5.01 Å². The third-order valence-electron chi connectivity index (χ3n) is 2.10. The lowest BCUT2D eigenvalue weighted by Crippen LogP contribution is -2.43. The molecule has 4 nitrogen and oxygen atoms in total. The Bertz CT molecular complexity index is 344. The summed E-state index contributed by atoms with van der Waals surface area (Å²) in [6, 6.07) is -0.439. The first-order valence-electron chi connectivity index (χ1n) is 4.95. The summed E-state index contributed by atoms with van der Waals surface area (Å²) in [6.45, 7) is 6.26. The maximum absolute atomic E-state index is 11.5. The molecule has 0 saturated carbocycles. The molecule has 0 saturated heterocycles.